The zero-order chi connectivity index (χ0) is 13.6. The van der Waals surface area contributed by atoms with Gasteiger partial charge in [-0.2, -0.15) is 0 Å². The molecule has 0 spiro atoms. The average molecular weight is 267 g/mol. The number of benzene rings is 1. The number of sulfone groups is 1. The van der Waals surface area contributed by atoms with Gasteiger partial charge in [0.05, 0.1) is 16.2 Å². The lowest BCUT2D eigenvalue weighted by Crippen LogP contribution is -2.17. The van der Waals surface area contributed by atoms with Crippen molar-refractivity contribution in [3.63, 3.8) is 0 Å². The highest BCUT2D eigenvalue weighted by Crippen LogP contribution is 2.34. The average Bonchev–Trinajstić information content (AvgIpc) is 2.58. The van der Waals surface area contributed by atoms with E-state index in [1.807, 2.05) is 26.0 Å². The van der Waals surface area contributed by atoms with Gasteiger partial charge in [0.25, 0.3) is 0 Å². The molecule has 18 heavy (non-hydrogen) atoms. The molecule has 98 valence electrons. The van der Waals surface area contributed by atoms with E-state index in [9.17, 15) is 8.42 Å². The van der Waals surface area contributed by atoms with E-state index in [1.165, 1.54) is 0 Å². The lowest BCUT2D eigenvalue weighted by atomic mass is 10.1. The minimum atomic E-state index is -3.32. The van der Waals surface area contributed by atoms with E-state index in [0.29, 0.717) is 0 Å². The minimum Gasteiger partial charge on any atom is -0.398 e. The maximum absolute atomic E-state index is 11.6. The molecule has 0 saturated carbocycles. The summed E-state index contributed by atoms with van der Waals surface area (Å²) in [5.41, 5.74) is 6.43. The third-order valence-corrected chi connectivity index (χ3v) is 4.02. The fraction of sp³-hybridized carbons (Fsp3) is 0.385. The number of ether oxygens (including phenoxy) is 1. The summed E-state index contributed by atoms with van der Waals surface area (Å²) in [7, 11) is -3.32. The number of hydrogen-bond donors (Lipinski definition) is 1. The number of nitrogens with two attached hydrogens (primary N) is 1. The molecule has 4 nitrogen and oxygen atoms in total. The first-order valence-corrected chi connectivity index (χ1v) is 7.55. The Kier molecular flexibility index (Phi) is 2.99. The van der Waals surface area contributed by atoms with Crippen LogP contribution in [0.4, 0.5) is 5.69 Å². The molecule has 1 aromatic rings. The molecule has 1 aromatic carbocycles. The Balaban J connectivity index is 2.41. The smallest absolute Gasteiger partial charge is 0.177 e. The fourth-order valence-electron chi connectivity index (χ4n) is 1.95. The Morgan fingerprint density at radius 2 is 2.00 bits per heavy atom. The number of hydrogen-bond acceptors (Lipinski definition) is 4. The topological polar surface area (TPSA) is 69.4 Å². The van der Waals surface area contributed by atoms with Crippen LogP contribution in [-0.2, 0) is 14.6 Å². The van der Waals surface area contributed by atoms with Gasteiger partial charge in [0.15, 0.2) is 9.84 Å². The highest BCUT2D eigenvalue weighted by Gasteiger charge is 2.27. The third kappa shape index (κ3) is 2.57. The van der Waals surface area contributed by atoms with Gasteiger partial charge in [-0.05, 0) is 31.5 Å². The summed E-state index contributed by atoms with van der Waals surface area (Å²) in [5, 5.41) is 0. The Morgan fingerprint density at radius 3 is 2.50 bits per heavy atom. The van der Waals surface area contributed by atoms with Gasteiger partial charge >= 0.3 is 0 Å². The van der Waals surface area contributed by atoms with Crippen molar-refractivity contribution in [1.82, 2.24) is 0 Å². The molecule has 0 amide bonds. The summed E-state index contributed by atoms with van der Waals surface area (Å²) >= 11 is 0. The zero-order valence-electron chi connectivity index (χ0n) is 10.7. The van der Waals surface area contributed by atoms with Crippen LogP contribution in [0, 0.1) is 0 Å². The third-order valence-electron chi connectivity index (χ3n) is 2.87. The van der Waals surface area contributed by atoms with Gasteiger partial charge in [-0.25, -0.2) is 8.42 Å². The second-order valence-electron chi connectivity index (χ2n) is 5.07. The molecule has 1 unspecified atom stereocenters. The van der Waals surface area contributed by atoms with Crippen LogP contribution < -0.4 is 5.73 Å². The molecule has 2 N–H and O–H groups in total. The van der Waals surface area contributed by atoms with Crippen LogP contribution in [0.1, 0.15) is 25.5 Å². The predicted molar refractivity (Wildman–Crippen MR) is 71.0 cm³/mol. The van der Waals surface area contributed by atoms with E-state index in [1.54, 1.807) is 18.2 Å². The fourth-order valence-corrected chi connectivity index (χ4v) is 2.80. The van der Waals surface area contributed by atoms with E-state index in [-0.39, 0.29) is 22.3 Å². The maximum atomic E-state index is 11.6. The minimum absolute atomic E-state index is 0.154. The van der Waals surface area contributed by atoms with Crippen molar-refractivity contribution in [3.05, 3.63) is 35.9 Å². The quantitative estimate of drug-likeness (QED) is 0.658. The molecule has 1 atom stereocenters. The first-order valence-electron chi connectivity index (χ1n) is 5.66. The molecule has 0 fully saturated rings. The van der Waals surface area contributed by atoms with E-state index < -0.39 is 9.84 Å². The SMILES string of the molecule is CC1(C)C=CC(c2ccc(N)c(S(C)(=O)=O)c2)O1. The summed E-state index contributed by atoms with van der Waals surface area (Å²) in [6.07, 6.45) is 4.82. The second-order valence-corrected chi connectivity index (χ2v) is 7.05. The van der Waals surface area contributed by atoms with Gasteiger partial charge in [0.2, 0.25) is 0 Å². The zero-order valence-corrected chi connectivity index (χ0v) is 11.5. The van der Waals surface area contributed by atoms with Crippen LogP contribution in [0.25, 0.3) is 0 Å². The molecular weight excluding hydrogens is 250 g/mol. The van der Waals surface area contributed by atoms with Crippen molar-refractivity contribution in [1.29, 1.82) is 0 Å². The molecule has 0 saturated heterocycles. The van der Waals surface area contributed by atoms with Crippen molar-refractivity contribution in [3.8, 4) is 0 Å². The summed E-state index contributed by atoms with van der Waals surface area (Å²) in [6.45, 7) is 3.91. The maximum Gasteiger partial charge on any atom is 0.177 e. The predicted octanol–water partition coefficient (Wildman–Crippen LogP) is 2.08. The van der Waals surface area contributed by atoms with Gasteiger partial charge < -0.3 is 10.5 Å². The van der Waals surface area contributed by atoms with Gasteiger partial charge in [-0.3, -0.25) is 0 Å². The Bertz CT molecular complexity index is 603. The highest BCUT2D eigenvalue weighted by molar-refractivity contribution is 7.90. The van der Waals surface area contributed by atoms with Crippen LogP contribution in [0.5, 0.6) is 0 Å². The monoisotopic (exact) mass is 267 g/mol. The van der Waals surface area contributed by atoms with Crippen LogP contribution in [0.2, 0.25) is 0 Å². The largest absolute Gasteiger partial charge is 0.398 e. The molecule has 5 heteroatoms. The molecule has 1 aliphatic heterocycles. The van der Waals surface area contributed by atoms with Crippen molar-refractivity contribution in [2.45, 2.75) is 30.4 Å². The highest BCUT2D eigenvalue weighted by atomic mass is 32.2. The standard InChI is InChI=1S/C13H17NO3S/c1-13(2)7-6-11(17-13)9-4-5-10(14)12(8-9)18(3,15)16/h4-8,11H,14H2,1-3H3. The van der Waals surface area contributed by atoms with E-state index in [4.69, 9.17) is 10.5 Å². The molecular formula is C13H17NO3S. The summed E-state index contributed by atoms with van der Waals surface area (Å²) in [4.78, 5) is 0.154. The van der Waals surface area contributed by atoms with E-state index in [0.717, 1.165) is 11.8 Å². The molecule has 2 rings (SSSR count). The first-order chi connectivity index (χ1) is 8.19. The van der Waals surface area contributed by atoms with Crippen molar-refractivity contribution < 1.29 is 13.2 Å². The van der Waals surface area contributed by atoms with Crippen LogP contribution in [0.15, 0.2) is 35.2 Å². The normalized spacial score (nSPS) is 22.3. The van der Waals surface area contributed by atoms with Crippen molar-refractivity contribution in [2.24, 2.45) is 0 Å². The van der Waals surface area contributed by atoms with Crippen LogP contribution in [-0.4, -0.2) is 20.3 Å². The molecule has 0 aliphatic carbocycles. The van der Waals surface area contributed by atoms with Crippen LogP contribution >= 0.6 is 0 Å². The summed E-state index contributed by atoms with van der Waals surface area (Å²) in [5.74, 6) is 0. The Morgan fingerprint density at radius 1 is 1.33 bits per heavy atom. The number of rotatable bonds is 2. The molecule has 0 radical (unpaired) electrons. The first kappa shape index (κ1) is 13.1. The van der Waals surface area contributed by atoms with E-state index >= 15 is 0 Å². The molecule has 0 bridgehead atoms. The number of anilines is 1. The molecule has 1 heterocycles. The Hall–Kier alpha value is -1.33. The molecule has 0 aromatic heterocycles. The van der Waals surface area contributed by atoms with Gasteiger partial charge in [-0.15, -0.1) is 0 Å². The van der Waals surface area contributed by atoms with Crippen LogP contribution in [0.3, 0.4) is 0 Å². The van der Waals surface area contributed by atoms with Gasteiger partial charge in [0, 0.05) is 6.26 Å². The number of nitrogen functional groups attached to an aromatic ring is 1. The Labute approximate surface area is 107 Å². The van der Waals surface area contributed by atoms with Crippen molar-refractivity contribution >= 4 is 15.5 Å². The summed E-state index contributed by atoms with van der Waals surface area (Å²) in [6, 6.07) is 4.98. The van der Waals surface area contributed by atoms with Crippen molar-refractivity contribution in [2.75, 3.05) is 12.0 Å². The summed E-state index contributed by atoms with van der Waals surface area (Å²) < 4.78 is 29.0. The lowest BCUT2D eigenvalue weighted by molar-refractivity contribution is 0.000769. The molecule has 1 aliphatic rings. The van der Waals surface area contributed by atoms with E-state index in [2.05, 4.69) is 0 Å². The van der Waals surface area contributed by atoms with Gasteiger partial charge in [-0.1, -0.05) is 18.2 Å². The lowest BCUT2D eigenvalue weighted by Gasteiger charge is -2.20. The van der Waals surface area contributed by atoms with Gasteiger partial charge in [0.1, 0.15) is 6.10 Å². The second kappa shape index (κ2) is 4.10.